The van der Waals surface area contributed by atoms with Gasteiger partial charge in [0, 0.05) is 48.1 Å². The van der Waals surface area contributed by atoms with Gasteiger partial charge < -0.3 is 20.7 Å². The van der Waals surface area contributed by atoms with Crippen molar-refractivity contribution in [3.05, 3.63) is 72.7 Å². The van der Waals surface area contributed by atoms with Crippen LogP contribution in [0, 0.1) is 5.82 Å². The minimum atomic E-state index is -0.464. The number of nitrogens with zero attached hydrogens (tertiary/aromatic N) is 1. The summed E-state index contributed by atoms with van der Waals surface area (Å²) < 4.78 is 18.3. The predicted molar refractivity (Wildman–Crippen MR) is 128 cm³/mol. The van der Waals surface area contributed by atoms with Crippen molar-refractivity contribution in [3.63, 3.8) is 0 Å². The van der Waals surface area contributed by atoms with Gasteiger partial charge in [0.1, 0.15) is 11.6 Å². The van der Waals surface area contributed by atoms with Gasteiger partial charge in [-0.3, -0.25) is 14.6 Å². The van der Waals surface area contributed by atoms with Crippen LogP contribution < -0.4 is 20.7 Å². The number of hydrogen-bond donors (Lipinski definition) is 3. The number of benzene rings is 2. The first-order valence-electron chi connectivity index (χ1n) is 10.7. The molecule has 0 saturated heterocycles. The van der Waals surface area contributed by atoms with Gasteiger partial charge in [-0.25, -0.2) is 4.39 Å². The van der Waals surface area contributed by atoms with E-state index in [1.165, 1.54) is 30.3 Å². The fraction of sp³-hybridized carbons (Fsp3) is 0.240. The number of halogens is 1. The monoisotopic (exact) mass is 450 g/mol. The average Bonchev–Trinajstić information content (AvgIpc) is 2.82. The molecule has 172 valence electrons. The number of pyridine rings is 1. The topological polar surface area (TPSA) is 92.4 Å². The van der Waals surface area contributed by atoms with Crippen molar-refractivity contribution in [2.24, 2.45) is 0 Å². The zero-order valence-corrected chi connectivity index (χ0v) is 18.6. The van der Waals surface area contributed by atoms with Crippen molar-refractivity contribution in [1.29, 1.82) is 0 Å². The summed E-state index contributed by atoms with van der Waals surface area (Å²) in [5.74, 6) is -0.449. The van der Waals surface area contributed by atoms with Crippen LogP contribution in [-0.2, 0) is 9.59 Å². The average molecular weight is 451 g/mol. The molecule has 7 nitrogen and oxygen atoms in total. The van der Waals surface area contributed by atoms with E-state index in [0.717, 1.165) is 41.3 Å². The highest BCUT2D eigenvalue weighted by atomic mass is 19.1. The SMILES string of the molecule is COc1cc(NC(C)CCCNC(=O)/C=C/C(=O)Nc2ccc(F)cc2)c2ncccc2c1. The molecule has 3 aromatic rings. The van der Waals surface area contributed by atoms with Crippen molar-refractivity contribution in [3.8, 4) is 5.75 Å². The number of methoxy groups -OCH3 is 1. The largest absolute Gasteiger partial charge is 0.497 e. The molecule has 0 radical (unpaired) electrons. The first kappa shape index (κ1) is 23.7. The van der Waals surface area contributed by atoms with Gasteiger partial charge in [0.05, 0.1) is 18.3 Å². The van der Waals surface area contributed by atoms with Crippen LogP contribution in [0.2, 0.25) is 0 Å². The van der Waals surface area contributed by atoms with Crippen LogP contribution in [-0.4, -0.2) is 36.5 Å². The fourth-order valence-corrected chi connectivity index (χ4v) is 3.28. The van der Waals surface area contributed by atoms with Crippen molar-refractivity contribution in [1.82, 2.24) is 10.3 Å². The van der Waals surface area contributed by atoms with Gasteiger partial charge in [-0.15, -0.1) is 0 Å². The fourth-order valence-electron chi connectivity index (χ4n) is 3.28. The highest BCUT2D eigenvalue weighted by Gasteiger charge is 2.09. The molecule has 3 rings (SSSR count). The Kier molecular flexibility index (Phi) is 8.35. The van der Waals surface area contributed by atoms with Gasteiger partial charge in [0.2, 0.25) is 11.8 Å². The molecule has 0 spiro atoms. The Hall–Kier alpha value is -3.94. The van der Waals surface area contributed by atoms with E-state index in [0.29, 0.717) is 12.2 Å². The number of carbonyl (C=O) groups excluding carboxylic acids is 2. The molecule has 0 bridgehead atoms. The lowest BCUT2D eigenvalue weighted by Crippen LogP contribution is -2.24. The molecule has 2 amide bonds. The summed E-state index contributed by atoms with van der Waals surface area (Å²) in [6, 6.07) is 13.3. The number of hydrogen-bond acceptors (Lipinski definition) is 5. The molecule has 3 N–H and O–H groups in total. The van der Waals surface area contributed by atoms with E-state index in [9.17, 15) is 14.0 Å². The molecule has 1 atom stereocenters. The van der Waals surface area contributed by atoms with Crippen molar-refractivity contribution in [2.45, 2.75) is 25.8 Å². The maximum atomic E-state index is 12.9. The number of aromatic nitrogens is 1. The predicted octanol–water partition coefficient (Wildman–Crippen LogP) is 4.27. The lowest BCUT2D eigenvalue weighted by molar-refractivity contribution is -0.117. The molecular formula is C25H27FN4O3. The number of rotatable bonds is 10. The van der Waals surface area contributed by atoms with Gasteiger partial charge in [0.25, 0.3) is 0 Å². The van der Waals surface area contributed by atoms with E-state index < -0.39 is 5.91 Å². The summed E-state index contributed by atoms with van der Waals surface area (Å²) in [5, 5.41) is 9.78. The quantitative estimate of drug-likeness (QED) is 0.317. The van der Waals surface area contributed by atoms with Crippen molar-refractivity contribution in [2.75, 3.05) is 24.3 Å². The number of ether oxygens (including phenoxy) is 1. The molecule has 1 unspecified atom stereocenters. The van der Waals surface area contributed by atoms with E-state index in [1.54, 1.807) is 13.3 Å². The smallest absolute Gasteiger partial charge is 0.248 e. The van der Waals surface area contributed by atoms with Crippen LogP contribution >= 0.6 is 0 Å². The van der Waals surface area contributed by atoms with Gasteiger partial charge >= 0.3 is 0 Å². The molecule has 33 heavy (non-hydrogen) atoms. The Balaban J connectivity index is 1.41. The Morgan fingerprint density at radius 2 is 1.88 bits per heavy atom. The first-order chi connectivity index (χ1) is 15.9. The number of carbonyl (C=O) groups is 2. The second-order valence-electron chi connectivity index (χ2n) is 7.56. The van der Waals surface area contributed by atoms with Crippen LogP contribution in [0.4, 0.5) is 15.8 Å². The maximum absolute atomic E-state index is 12.9. The highest BCUT2D eigenvalue weighted by Crippen LogP contribution is 2.28. The van der Waals surface area contributed by atoms with Gasteiger partial charge in [-0.2, -0.15) is 0 Å². The third kappa shape index (κ3) is 7.31. The Bertz CT molecular complexity index is 1130. The summed E-state index contributed by atoms with van der Waals surface area (Å²) in [4.78, 5) is 28.2. The Morgan fingerprint density at radius 1 is 1.12 bits per heavy atom. The van der Waals surface area contributed by atoms with Crippen molar-refractivity contribution >= 4 is 34.1 Å². The molecule has 0 fully saturated rings. The van der Waals surface area contributed by atoms with Crippen molar-refractivity contribution < 1.29 is 18.7 Å². The summed E-state index contributed by atoms with van der Waals surface area (Å²) in [6.45, 7) is 2.54. The number of nitrogens with one attached hydrogen (secondary N) is 3. The lowest BCUT2D eigenvalue weighted by atomic mass is 10.1. The molecule has 1 heterocycles. The Morgan fingerprint density at radius 3 is 2.64 bits per heavy atom. The number of fused-ring (bicyclic) bond motifs is 1. The van der Waals surface area contributed by atoms with E-state index in [-0.39, 0.29) is 17.8 Å². The summed E-state index contributed by atoms with van der Waals surface area (Å²) in [5.41, 5.74) is 2.23. The normalized spacial score (nSPS) is 11.8. The molecule has 0 saturated carbocycles. The molecule has 8 heteroatoms. The van der Waals surface area contributed by atoms with Crippen LogP contribution in [0.5, 0.6) is 5.75 Å². The summed E-state index contributed by atoms with van der Waals surface area (Å²) in [7, 11) is 1.63. The molecule has 2 aromatic carbocycles. The van der Waals surface area contributed by atoms with E-state index in [1.807, 2.05) is 24.3 Å². The van der Waals surface area contributed by atoms with Crippen LogP contribution in [0.15, 0.2) is 66.9 Å². The molecule has 0 aliphatic heterocycles. The maximum Gasteiger partial charge on any atom is 0.248 e. The Labute approximate surface area is 192 Å². The van der Waals surface area contributed by atoms with E-state index in [2.05, 4.69) is 27.9 Å². The second kappa shape index (κ2) is 11.6. The lowest BCUT2D eigenvalue weighted by Gasteiger charge is -2.17. The molecular weight excluding hydrogens is 423 g/mol. The third-order valence-electron chi connectivity index (χ3n) is 4.93. The highest BCUT2D eigenvalue weighted by molar-refractivity contribution is 6.03. The first-order valence-corrected chi connectivity index (χ1v) is 10.7. The molecule has 0 aliphatic carbocycles. The number of amides is 2. The van der Waals surface area contributed by atoms with Crippen LogP contribution in [0.25, 0.3) is 10.9 Å². The minimum absolute atomic E-state index is 0.149. The zero-order valence-electron chi connectivity index (χ0n) is 18.6. The number of anilines is 2. The molecule has 1 aromatic heterocycles. The second-order valence-corrected chi connectivity index (χ2v) is 7.56. The van der Waals surface area contributed by atoms with Gasteiger partial charge in [-0.05, 0) is 56.2 Å². The summed E-state index contributed by atoms with van der Waals surface area (Å²) >= 11 is 0. The third-order valence-corrected chi connectivity index (χ3v) is 4.93. The van der Waals surface area contributed by atoms with E-state index >= 15 is 0 Å². The molecule has 0 aliphatic rings. The summed E-state index contributed by atoms with van der Waals surface area (Å²) in [6.07, 6.45) is 5.65. The van der Waals surface area contributed by atoms with E-state index in [4.69, 9.17) is 4.74 Å². The van der Waals surface area contributed by atoms with Crippen LogP contribution in [0.1, 0.15) is 19.8 Å². The van der Waals surface area contributed by atoms with Gasteiger partial charge in [-0.1, -0.05) is 6.07 Å². The van der Waals surface area contributed by atoms with Gasteiger partial charge in [0.15, 0.2) is 0 Å². The standard InChI is InChI=1S/C25H27FN4O3/c1-17(29-22-16-21(33-2)15-18-6-4-14-28-25(18)22)5-3-13-27-23(31)11-12-24(32)30-20-9-7-19(26)8-10-20/h4,6-12,14-17,29H,3,5,13H2,1-2H3,(H,27,31)(H,30,32)/b12-11+. The minimum Gasteiger partial charge on any atom is -0.497 e. The zero-order chi connectivity index (χ0) is 23.6. The van der Waals surface area contributed by atoms with Crippen LogP contribution in [0.3, 0.4) is 0 Å².